The number of nitrogens with zero attached hydrogens (tertiary/aromatic N) is 5. The Kier molecular flexibility index (Phi) is 4.82. The number of rotatable bonds is 4. The summed E-state index contributed by atoms with van der Waals surface area (Å²) >= 11 is 0. The lowest BCUT2D eigenvalue weighted by molar-refractivity contribution is 0.0586. The summed E-state index contributed by atoms with van der Waals surface area (Å²) in [6.45, 7) is 3.37. The molecule has 27 heavy (non-hydrogen) atoms. The molecule has 0 unspecified atom stereocenters. The molecule has 0 atom stereocenters. The number of aryl methyl sites for hydroxylation is 1. The fourth-order valence-corrected chi connectivity index (χ4v) is 3.13. The molecular weight excluding hydrogens is 342 g/mol. The second-order valence-corrected chi connectivity index (χ2v) is 6.66. The minimum absolute atomic E-state index is 0.0388. The molecule has 1 aliphatic heterocycles. The maximum absolute atomic E-state index is 12.6. The van der Waals surface area contributed by atoms with E-state index in [2.05, 4.69) is 15.3 Å². The van der Waals surface area contributed by atoms with E-state index in [0.717, 1.165) is 24.0 Å². The number of hydrogen-bond donors (Lipinski definition) is 0. The van der Waals surface area contributed by atoms with Gasteiger partial charge in [0.1, 0.15) is 6.10 Å². The van der Waals surface area contributed by atoms with Crippen LogP contribution in [-0.4, -0.2) is 50.0 Å². The molecule has 138 valence electrons. The molecule has 0 radical (unpaired) electrons. The lowest BCUT2D eigenvalue weighted by Crippen LogP contribution is -2.41. The van der Waals surface area contributed by atoms with Crippen LogP contribution in [0.5, 0.6) is 5.88 Å². The summed E-state index contributed by atoms with van der Waals surface area (Å²) < 4.78 is 7.58. The van der Waals surface area contributed by atoms with Crippen LogP contribution < -0.4 is 4.74 Å². The predicted octanol–water partition coefficient (Wildman–Crippen LogP) is 2.65. The first-order valence-corrected chi connectivity index (χ1v) is 9.05. The molecule has 1 aromatic carbocycles. The summed E-state index contributed by atoms with van der Waals surface area (Å²) in [5.41, 5.74) is 1.89. The van der Waals surface area contributed by atoms with Gasteiger partial charge in [-0.05, 0) is 31.2 Å². The second-order valence-electron chi connectivity index (χ2n) is 6.66. The second kappa shape index (κ2) is 7.57. The molecule has 0 saturated carbocycles. The quantitative estimate of drug-likeness (QED) is 0.712. The highest BCUT2D eigenvalue weighted by molar-refractivity contribution is 5.94. The van der Waals surface area contributed by atoms with E-state index < -0.39 is 0 Å². The zero-order valence-electron chi connectivity index (χ0n) is 15.2. The minimum Gasteiger partial charge on any atom is -0.473 e. The highest BCUT2D eigenvalue weighted by atomic mass is 16.5. The van der Waals surface area contributed by atoms with E-state index in [1.807, 2.05) is 54.4 Å². The zero-order valence-corrected chi connectivity index (χ0v) is 15.2. The van der Waals surface area contributed by atoms with Crippen molar-refractivity contribution in [1.82, 2.24) is 24.9 Å². The Morgan fingerprint density at radius 3 is 2.48 bits per heavy atom. The molecular formula is C20H21N5O2. The molecule has 4 rings (SSSR count). The molecule has 0 N–H and O–H groups in total. The Hall–Kier alpha value is -3.22. The lowest BCUT2D eigenvalue weighted by Gasteiger charge is -2.32. The molecule has 0 spiro atoms. The van der Waals surface area contributed by atoms with Gasteiger partial charge in [0.05, 0.1) is 0 Å². The van der Waals surface area contributed by atoms with Crippen molar-refractivity contribution in [2.24, 2.45) is 0 Å². The minimum atomic E-state index is 0.0388. The van der Waals surface area contributed by atoms with Crippen molar-refractivity contribution >= 4 is 5.91 Å². The molecule has 0 aliphatic carbocycles. The van der Waals surface area contributed by atoms with Crippen molar-refractivity contribution < 1.29 is 9.53 Å². The molecule has 2 aromatic heterocycles. The normalized spacial score (nSPS) is 14.9. The number of carbonyl (C=O) groups is 1. The summed E-state index contributed by atoms with van der Waals surface area (Å²) in [7, 11) is 0. The Morgan fingerprint density at radius 2 is 1.85 bits per heavy atom. The summed E-state index contributed by atoms with van der Waals surface area (Å²) in [6.07, 6.45) is 5.10. The van der Waals surface area contributed by atoms with Gasteiger partial charge >= 0.3 is 0 Å². The summed E-state index contributed by atoms with van der Waals surface area (Å²) in [6, 6.07) is 13.2. The Balaban J connectivity index is 1.31. The number of hydrogen-bond acceptors (Lipinski definition) is 5. The topological polar surface area (TPSA) is 73.1 Å². The van der Waals surface area contributed by atoms with E-state index in [4.69, 9.17) is 4.74 Å². The Labute approximate surface area is 157 Å². The zero-order chi connectivity index (χ0) is 18.6. The molecule has 1 aliphatic rings. The van der Waals surface area contributed by atoms with Crippen LogP contribution in [0.4, 0.5) is 0 Å². The number of benzene rings is 1. The number of carbonyl (C=O) groups excluding carboxylic acids is 1. The van der Waals surface area contributed by atoms with Gasteiger partial charge < -0.3 is 9.64 Å². The van der Waals surface area contributed by atoms with Crippen LogP contribution in [0, 0.1) is 6.92 Å². The highest BCUT2D eigenvalue weighted by Crippen LogP contribution is 2.19. The summed E-state index contributed by atoms with van der Waals surface area (Å²) in [5.74, 6) is 1.22. The lowest BCUT2D eigenvalue weighted by atomic mass is 10.1. The molecule has 3 aromatic rings. The molecule has 0 bridgehead atoms. The van der Waals surface area contributed by atoms with E-state index >= 15 is 0 Å². The third-order valence-corrected chi connectivity index (χ3v) is 4.68. The standard InChI is InChI=1S/C20H21N5O2/c1-15-3-5-16(6-4-15)20(26)24-13-9-17(10-14-24)27-19-8-7-18(22-23-19)25-12-2-11-21-25/h2-8,11-12,17H,9-10,13-14H2,1H3. The molecule has 7 heteroatoms. The van der Waals surface area contributed by atoms with Crippen molar-refractivity contribution in [1.29, 1.82) is 0 Å². The predicted molar refractivity (Wildman–Crippen MR) is 99.9 cm³/mol. The van der Waals surface area contributed by atoms with Crippen molar-refractivity contribution in [3.05, 3.63) is 66.0 Å². The SMILES string of the molecule is Cc1ccc(C(=O)N2CCC(Oc3ccc(-n4cccn4)nn3)CC2)cc1. The third-order valence-electron chi connectivity index (χ3n) is 4.68. The number of likely N-dealkylation sites (tertiary alicyclic amines) is 1. The average molecular weight is 363 g/mol. The van der Waals surface area contributed by atoms with Gasteiger partial charge in [0, 0.05) is 50.0 Å². The van der Waals surface area contributed by atoms with Gasteiger partial charge in [0.25, 0.3) is 5.91 Å². The fourth-order valence-electron chi connectivity index (χ4n) is 3.13. The van der Waals surface area contributed by atoms with Crippen LogP contribution in [0.15, 0.2) is 54.9 Å². The van der Waals surface area contributed by atoms with Crippen molar-refractivity contribution in [3.63, 3.8) is 0 Å². The largest absolute Gasteiger partial charge is 0.473 e. The van der Waals surface area contributed by atoms with Gasteiger partial charge in [0.15, 0.2) is 5.82 Å². The number of aromatic nitrogens is 4. The van der Waals surface area contributed by atoms with Crippen LogP contribution >= 0.6 is 0 Å². The van der Waals surface area contributed by atoms with Crippen molar-refractivity contribution in [2.75, 3.05) is 13.1 Å². The first-order valence-electron chi connectivity index (χ1n) is 9.05. The van der Waals surface area contributed by atoms with Gasteiger partial charge in [0.2, 0.25) is 5.88 Å². The van der Waals surface area contributed by atoms with E-state index in [-0.39, 0.29) is 12.0 Å². The average Bonchev–Trinajstić information content (AvgIpc) is 3.24. The van der Waals surface area contributed by atoms with Gasteiger partial charge in [-0.25, -0.2) is 4.68 Å². The van der Waals surface area contributed by atoms with E-state index in [1.165, 1.54) is 0 Å². The maximum Gasteiger partial charge on any atom is 0.253 e. The van der Waals surface area contributed by atoms with Crippen LogP contribution in [0.2, 0.25) is 0 Å². The summed E-state index contributed by atoms with van der Waals surface area (Å²) in [5, 5.41) is 12.4. The number of ether oxygens (including phenoxy) is 1. The van der Waals surface area contributed by atoms with Gasteiger partial charge in [-0.3, -0.25) is 4.79 Å². The smallest absolute Gasteiger partial charge is 0.253 e. The summed E-state index contributed by atoms with van der Waals surface area (Å²) in [4.78, 5) is 14.5. The monoisotopic (exact) mass is 363 g/mol. The molecule has 3 heterocycles. The molecule has 1 saturated heterocycles. The van der Waals surface area contributed by atoms with Crippen LogP contribution in [0.1, 0.15) is 28.8 Å². The molecule has 1 amide bonds. The number of piperidine rings is 1. The highest BCUT2D eigenvalue weighted by Gasteiger charge is 2.25. The van der Waals surface area contributed by atoms with Gasteiger partial charge in [-0.2, -0.15) is 5.10 Å². The van der Waals surface area contributed by atoms with Crippen LogP contribution in [-0.2, 0) is 0 Å². The van der Waals surface area contributed by atoms with Crippen LogP contribution in [0.25, 0.3) is 5.82 Å². The molecule has 1 fully saturated rings. The van der Waals surface area contributed by atoms with Gasteiger partial charge in [-0.15, -0.1) is 10.2 Å². The fraction of sp³-hybridized carbons (Fsp3) is 0.300. The first-order chi connectivity index (χ1) is 13.2. The third kappa shape index (κ3) is 3.97. The van der Waals surface area contributed by atoms with Crippen LogP contribution in [0.3, 0.4) is 0 Å². The maximum atomic E-state index is 12.6. The van der Waals surface area contributed by atoms with Crippen molar-refractivity contribution in [3.8, 4) is 11.7 Å². The van der Waals surface area contributed by atoms with E-state index in [1.54, 1.807) is 16.9 Å². The Morgan fingerprint density at radius 1 is 1.07 bits per heavy atom. The number of amides is 1. The van der Waals surface area contributed by atoms with Gasteiger partial charge in [-0.1, -0.05) is 17.7 Å². The van der Waals surface area contributed by atoms with E-state index in [0.29, 0.717) is 24.8 Å². The molecule has 7 nitrogen and oxygen atoms in total. The van der Waals surface area contributed by atoms with E-state index in [9.17, 15) is 4.79 Å². The first kappa shape index (κ1) is 17.2. The van der Waals surface area contributed by atoms with Crippen molar-refractivity contribution in [2.45, 2.75) is 25.9 Å². The Bertz CT molecular complexity index is 883.